The van der Waals surface area contributed by atoms with Crippen molar-refractivity contribution >= 4 is 47.9 Å². The Morgan fingerprint density at radius 1 is 1.62 bits per heavy atom. The van der Waals surface area contributed by atoms with Gasteiger partial charge in [0.15, 0.2) is 0 Å². The maximum atomic E-state index is 9.82. The van der Waals surface area contributed by atoms with Gasteiger partial charge in [-0.25, -0.2) is 0 Å². The maximum absolute atomic E-state index is 9.82. The zero-order valence-corrected chi connectivity index (χ0v) is 4.18. The van der Waals surface area contributed by atoms with Gasteiger partial charge in [0.2, 0.25) is 5.44 Å². The molecule has 6 heteroatoms. The molecule has 1 rings (SSSR count). The van der Waals surface area contributed by atoms with E-state index in [-0.39, 0.29) is 44.3 Å². The quantitative estimate of drug-likeness (QED) is 0.287. The van der Waals surface area contributed by atoms with Gasteiger partial charge in [0.25, 0.3) is 10.1 Å². The van der Waals surface area contributed by atoms with Gasteiger partial charge in [0.05, 0.1) is 6.61 Å². The first kappa shape index (κ1) is 9.13. The summed E-state index contributed by atoms with van der Waals surface area (Å²) in [6, 6.07) is 0. The standard InChI is InChI=1S/C2H4O4S.Ca.2H/c3-7(4,5)2-1-6-2;;;/h2H,1H2,(H,3,4,5);;;. The van der Waals surface area contributed by atoms with Crippen LogP contribution in [0.25, 0.3) is 0 Å². The summed E-state index contributed by atoms with van der Waals surface area (Å²) in [5, 5.41) is 0. The summed E-state index contributed by atoms with van der Waals surface area (Å²) in [6.45, 7) is 0.138. The normalized spacial score (nSPS) is 26.4. The van der Waals surface area contributed by atoms with Crippen LogP contribution in [-0.4, -0.2) is 62.8 Å². The van der Waals surface area contributed by atoms with Gasteiger partial charge in [-0.1, -0.05) is 0 Å². The Morgan fingerprint density at radius 3 is 2.00 bits per heavy atom. The molecule has 0 aliphatic carbocycles. The van der Waals surface area contributed by atoms with Crippen molar-refractivity contribution in [2.45, 2.75) is 5.44 Å². The van der Waals surface area contributed by atoms with Crippen molar-refractivity contribution in [3.05, 3.63) is 0 Å². The monoisotopic (exact) mass is 166 g/mol. The van der Waals surface area contributed by atoms with Crippen LogP contribution in [0, 0.1) is 0 Å². The third-order valence-electron chi connectivity index (χ3n) is 0.635. The fourth-order valence-electron chi connectivity index (χ4n) is 0.211. The second-order valence-corrected chi connectivity index (χ2v) is 2.83. The Morgan fingerprint density at radius 2 is 2.00 bits per heavy atom. The van der Waals surface area contributed by atoms with Gasteiger partial charge in [-0.2, -0.15) is 8.42 Å². The summed E-state index contributed by atoms with van der Waals surface area (Å²) in [5.74, 6) is 0. The predicted octanol–water partition coefficient (Wildman–Crippen LogP) is -1.69. The molecule has 4 nitrogen and oxygen atoms in total. The molecule has 8 heavy (non-hydrogen) atoms. The molecule has 1 N–H and O–H groups in total. The zero-order valence-electron chi connectivity index (χ0n) is 3.36. The van der Waals surface area contributed by atoms with E-state index in [1.807, 2.05) is 0 Å². The van der Waals surface area contributed by atoms with E-state index in [2.05, 4.69) is 4.74 Å². The molecule has 0 radical (unpaired) electrons. The molecule has 0 bridgehead atoms. The summed E-state index contributed by atoms with van der Waals surface area (Å²) >= 11 is 0. The van der Waals surface area contributed by atoms with Gasteiger partial charge in [0, 0.05) is 0 Å². The van der Waals surface area contributed by atoms with Gasteiger partial charge in [-0.15, -0.1) is 0 Å². The van der Waals surface area contributed by atoms with Crippen LogP contribution in [0.4, 0.5) is 0 Å². The van der Waals surface area contributed by atoms with Crippen molar-refractivity contribution in [1.29, 1.82) is 0 Å². The van der Waals surface area contributed by atoms with Crippen molar-refractivity contribution in [1.82, 2.24) is 0 Å². The molecule has 0 spiro atoms. The molecule has 1 saturated heterocycles. The van der Waals surface area contributed by atoms with Crippen LogP contribution in [0.15, 0.2) is 0 Å². The molecule has 0 amide bonds. The van der Waals surface area contributed by atoms with Crippen LogP contribution in [0.2, 0.25) is 0 Å². The number of hydrogen-bond donors (Lipinski definition) is 1. The molecule has 0 aromatic heterocycles. The molecule has 46 valence electrons. The zero-order chi connectivity index (χ0) is 5.49. The molecule has 1 unspecified atom stereocenters. The van der Waals surface area contributed by atoms with E-state index in [4.69, 9.17) is 4.55 Å². The minimum atomic E-state index is -3.85. The topological polar surface area (TPSA) is 66.9 Å². The second kappa shape index (κ2) is 2.81. The average Bonchev–Trinajstić information content (AvgIpc) is 1.99. The van der Waals surface area contributed by atoms with Crippen molar-refractivity contribution in [2.75, 3.05) is 6.61 Å². The SMILES string of the molecule is O=S(=O)(O)C1CO1.[CaH2]. The summed E-state index contributed by atoms with van der Waals surface area (Å²) in [4.78, 5) is 0. The van der Waals surface area contributed by atoms with Crippen LogP contribution < -0.4 is 0 Å². The van der Waals surface area contributed by atoms with Gasteiger partial charge in [-0.05, 0) is 0 Å². The van der Waals surface area contributed by atoms with E-state index in [1.54, 1.807) is 0 Å². The molecule has 1 aliphatic rings. The number of hydrogen-bond acceptors (Lipinski definition) is 3. The number of ether oxygens (including phenoxy) is 1. The summed E-state index contributed by atoms with van der Waals surface area (Å²) < 4.78 is 31.9. The van der Waals surface area contributed by atoms with Crippen molar-refractivity contribution in [3.8, 4) is 0 Å². The number of rotatable bonds is 1. The predicted molar refractivity (Wildman–Crippen MR) is 29.8 cm³/mol. The Bertz CT molecular complexity index is 157. The Balaban J connectivity index is 0.000000490. The van der Waals surface area contributed by atoms with E-state index < -0.39 is 15.6 Å². The fraction of sp³-hybridized carbons (Fsp3) is 1.00. The Hall–Kier alpha value is 1.13. The van der Waals surface area contributed by atoms with Crippen molar-refractivity contribution < 1.29 is 17.7 Å². The Kier molecular flexibility index (Phi) is 3.21. The molecule has 0 aromatic rings. The molecule has 1 fully saturated rings. The molecule has 1 aliphatic heterocycles. The van der Waals surface area contributed by atoms with Crippen LogP contribution in [0.1, 0.15) is 0 Å². The van der Waals surface area contributed by atoms with Gasteiger partial charge < -0.3 is 4.74 Å². The van der Waals surface area contributed by atoms with Crippen LogP contribution >= 0.6 is 0 Å². The van der Waals surface area contributed by atoms with Gasteiger partial charge in [0.1, 0.15) is 0 Å². The molecule has 0 saturated carbocycles. The van der Waals surface area contributed by atoms with E-state index in [9.17, 15) is 8.42 Å². The second-order valence-electron chi connectivity index (χ2n) is 1.28. The third kappa shape index (κ3) is 2.61. The van der Waals surface area contributed by atoms with Gasteiger partial charge in [-0.3, -0.25) is 4.55 Å². The van der Waals surface area contributed by atoms with E-state index in [0.717, 1.165) is 0 Å². The van der Waals surface area contributed by atoms with Crippen LogP contribution in [0.3, 0.4) is 0 Å². The minimum absolute atomic E-state index is 0. The number of epoxide rings is 1. The van der Waals surface area contributed by atoms with Crippen LogP contribution in [-0.2, 0) is 14.9 Å². The Labute approximate surface area is 77.0 Å². The van der Waals surface area contributed by atoms with Crippen molar-refractivity contribution in [2.24, 2.45) is 0 Å². The van der Waals surface area contributed by atoms with Gasteiger partial charge >= 0.3 is 37.7 Å². The van der Waals surface area contributed by atoms with E-state index >= 15 is 0 Å². The fourth-order valence-corrected chi connectivity index (χ4v) is 0.634. The summed E-state index contributed by atoms with van der Waals surface area (Å²) in [6.07, 6.45) is 0. The first-order valence-electron chi connectivity index (χ1n) is 1.68. The summed E-state index contributed by atoms with van der Waals surface area (Å²) in [5.41, 5.74) is -0.924. The average molecular weight is 166 g/mol. The first-order valence-corrected chi connectivity index (χ1v) is 3.19. The molecular formula is C2H6CaO4S. The van der Waals surface area contributed by atoms with Crippen molar-refractivity contribution in [3.63, 3.8) is 0 Å². The summed E-state index contributed by atoms with van der Waals surface area (Å²) in [7, 11) is -3.85. The molecule has 1 atom stereocenters. The molecule has 0 aromatic carbocycles. The van der Waals surface area contributed by atoms with Crippen LogP contribution in [0.5, 0.6) is 0 Å². The molecular weight excluding hydrogens is 160 g/mol. The van der Waals surface area contributed by atoms with E-state index in [0.29, 0.717) is 0 Å². The third-order valence-corrected chi connectivity index (χ3v) is 1.57. The first-order chi connectivity index (χ1) is 3.11. The van der Waals surface area contributed by atoms with E-state index in [1.165, 1.54) is 0 Å². The molecule has 1 heterocycles.